The molecule has 0 atom stereocenters. The van der Waals surface area contributed by atoms with E-state index in [0.29, 0.717) is 5.52 Å². The minimum Gasteiger partial charge on any atom is -0.352 e. The van der Waals surface area contributed by atoms with Gasteiger partial charge in [0.1, 0.15) is 0 Å². The van der Waals surface area contributed by atoms with Crippen molar-refractivity contribution in [2.24, 2.45) is 0 Å². The number of piperazine rings is 1. The van der Waals surface area contributed by atoms with E-state index in [0.717, 1.165) is 42.9 Å². The molecule has 1 aliphatic heterocycles. The van der Waals surface area contributed by atoms with Crippen molar-refractivity contribution in [3.8, 4) is 0 Å². The Kier molecular flexibility index (Phi) is 5.22. The molecule has 0 spiro atoms. The van der Waals surface area contributed by atoms with Crippen LogP contribution in [0.1, 0.15) is 5.56 Å². The zero-order valence-corrected chi connectivity index (χ0v) is 16.1. The number of benzene rings is 2. The summed E-state index contributed by atoms with van der Waals surface area (Å²) < 4.78 is 27.4. The predicted octanol–water partition coefficient (Wildman–Crippen LogP) is 2.41. The lowest BCUT2D eigenvalue weighted by Crippen LogP contribution is -2.43. The fourth-order valence-electron chi connectivity index (χ4n) is 3.13. The van der Waals surface area contributed by atoms with E-state index in [9.17, 15) is 8.42 Å². The molecule has 1 fully saturated rings. The third-order valence-electron chi connectivity index (χ3n) is 4.50. The number of rotatable bonds is 3. The Balaban J connectivity index is 0.00000196. The van der Waals surface area contributed by atoms with E-state index in [1.54, 1.807) is 30.3 Å². The molecule has 2 aromatic carbocycles. The molecule has 26 heavy (non-hydrogen) atoms. The van der Waals surface area contributed by atoms with Gasteiger partial charge in [-0.1, -0.05) is 29.8 Å². The normalized spacial score (nSPS) is 15.0. The smallest absolute Gasteiger partial charge is 0.283 e. The van der Waals surface area contributed by atoms with Crippen molar-refractivity contribution in [1.29, 1.82) is 0 Å². The summed E-state index contributed by atoms with van der Waals surface area (Å²) >= 11 is 0. The molecule has 6 nitrogen and oxygen atoms in total. The minimum atomic E-state index is -3.74. The first-order valence-corrected chi connectivity index (χ1v) is 9.77. The average Bonchev–Trinajstić information content (AvgIpc) is 3.03. The number of nitrogens with one attached hydrogen (secondary N) is 1. The summed E-state index contributed by atoms with van der Waals surface area (Å²) in [4.78, 5) is 2.39. The molecular weight excluding hydrogens is 372 g/mol. The Morgan fingerprint density at radius 3 is 2.35 bits per heavy atom. The second kappa shape index (κ2) is 7.26. The highest BCUT2D eigenvalue weighted by Gasteiger charge is 2.25. The van der Waals surface area contributed by atoms with E-state index < -0.39 is 10.0 Å². The van der Waals surface area contributed by atoms with E-state index in [2.05, 4.69) is 15.3 Å². The molecule has 1 saturated heterocycles. The first kappa shape index (κ1) is 18.7. The Labute approximate surface area is 159 Å². The maximum atomic E-state index is 13.1. The summed E-state index contributed by atoms with van der Waals surface area (Å²) in [5.74, 6) is 0.729. The fraction of sp³-hybridized carbons (Fsp3) is 0.278. The van der Waals surface area contributed by atoms with E-state index in [-0.39, 0.29) is 17.3 Å². The molecular formula is C18H21ClN4O2S. The lowest BCUT2D eigenvalue weighted by molar-refractivity contribution is 0.574. The van der Waals surface area contributed by atoms with Crippen LogP contribution in [0.25, 0.3) is 10.9 Å². The van der Waals surface area contributed by atoms with Gasteiger partial charge in [-0.25, -0.2) is 0 Å². The highest BCUT2D eigenvalue weighted by atomic mass is 35.5. The van der Waals surface area contributed by atoms with Crippen molar-refractivity contribution in [3.63, 3.8) is 0 Å². The number of nitrogens with zero attached hydrogens (tertiary/aromatic N) is 3. The second-order valence-electron chi connectivity index (χ2n) is 6.24. The summed E-state index contributed by atoms with van der Waals surface area (Å²) in [7, 11) is -3.74. The van der Waals surface area contributed by atoms with Crippen LogP contribution in [0.2, 0.25) is 0 Å². The highest BCUT2D eigenvalue weighted by molar-refractivity contribution is 7.90. The van der Waals surface area contributed by atoms with Gasteiger partial charge in [0, 0.05) is 31.6 Å². The van der Waals surface area contributed by atoms with Gasteiger partial charge in [-0.2, -0.15) is 12.5 Å². The van der Waals surface area contributed by atoms with Crippen LogP contribution in [0.4, 0.5) is 5.82 Å². The Morgan fingerprint density at radius 1 is 1.00 bits per heavy atom. The third kappa shape index (κ3) is 3.18. The SMILES string of the molecule is Cc1ccc(S(=O)(=O)n2nc(N3CCNCC3)c3ccccc32)cc1.Cl. The number of hydrogen-bond donors (Lipinski definition) is 1. The number of halogens is 1. The zero-order chi connectivity index (χ0) is 17.4. The lowest BCUT2D eigenvalue weighted by atomic mass is 10.2. The number of fused-ring (bicyclic) bond motifs is 1. The molecule has 4 rings (SSSR count). The zero-order valence-electron chi connectivity index (χ0n) is 14.4. The summed E-state index contributed by atoms with van der Waals surface area (Å²) in [5.41, 5.74) is 1.63. The topological polar surface area (TPSA) is 67.2 Å². The van der Waals surface area contributed by atoms with Gasteiger partial charge in [-0.05, 0) is 31.2 Å². The van der Waals surface area contributed by atoms with Crippen molar-refractivity contribution in [2.45, 2.75) is 11.8 Å². The molecule has 0 unspecified atom stereocenters. The Hall–Kier alpha value is -2.09. The molecule has 0 aliphatic carbocycles. The summed E-state index contributed by atoms with van der Waals surface area (Å²) in [6.45, 7) is 5.29. The largest absolute Gasteiger partial charge is 0.352 e. The number of anilines is 1. The van der Waals surface area contributed by atoms with Crippen molar-refractivity contribution < 1.29 is 8.42 Å². The van der Waals surface area contributed by atoms with Gasteiger partial charge in [0.2, 0.25) is 0 Å². The highest BCUT2D eigenvalue weighted by Crippen LogP contribution is 2.29. The van der Waals surface area contributed by atoms with Gasteiger partial charge in [0.25, 0.3) is 10.0 Å². The van der Waals surface area contributed by atoms with Crippen LogP contribution >= 0.6 is 12.4 Å². The van der Waals surface area contributed by atoms with Gasteiger partial charge in [-0.3, -0.25) is 0 Å². The first-order valence-electron chi connectivity index (χ1n) is 8.33. The fourth-order valence-corrected chi connectivity index (χ4v) is 4.41. The lowest BCUT2D eigenvalue weighted by Gasteiger charge is -2.27. The maximum Gasteiger partial charge on any atom is 0.283 e. The van der Waals surface area contributed by atoms with Gasteiger partial charge in [-0.15, -0.1) is 17.5 Å². The van der Waals surface area contributed by atoms with Crippen LogP contribution in [0.5, 0.6) is 0 Å². The van der Waals surface area contributed by atoms with Gasteiger partial charge in [0.05, 0.1) is 10.4 Å². The molecule has 1 aliphatic rings. The molecule has 2 heterocycles. The number of aromatic nitrogens is 2. The van der Waals surface area contributed by atoms with Crippen LogP contribution in [0, 0.1) is 6.92 Å². The summed E-state index contributed by atoms with van der Waals surface area (Å²) in [6, 6.07) is 14.4. The molecule has 0 bridgehead atoms. The van der Waals surface area contributed by atoms with Crippen molar-refractivity contribution in [2.75, 3.05) is 31.1 Å². The predicted molar refractivity (Wildman–Crippen MR) is 106 cm³/mol. The van der Waals surface area contributed by atoms with Crippen LogP contribution < -0.4 is 10.2 Å². The standard InChI is InChI=1S/C18H20N4O2S.ClH/c1-14-6-8-15(9-7-14)25(23,24)22-17-5-3-2-4-16(17)18(20-22)21-12-10-19-11-13-21;/h2-9,19H,10-13H2,1H3;1H. The molecule has 1 N–H and O–H groups in total. The quantitative estimate of drug-likeness (QED) is 0.741. The van der Waals surface area contributed by atoms with E-state index in [1.165, 1.54) is 4.09 Å². The Bertz CT molecular complexity index is 1010. The van der Waals surface area contributed by atoms with Crippen LogP contribution in [0.3, 0.4) is 0 Å². The molecule has 138 valence electrons. The molecule has 1 aromatic heterocycles. The summed E-state index contributed by atoms with van der Waals surface area (Å²) in [5, 5.41) is 8.68. The van der Waals surface area contributed by atoms with Crippen LogP contribution in [0.15, 0.2) is 53.4 Å². The average molecular weight is 393 g/mol. The van der Waals surface area contributed by atoms with Gasteiger partial charge < -0.3 is 10.2 Å². The van der Waals surface area contributed by atoms with Gasteiger partial charge in [0.15, 0.2) is 5.82 Å². The second-order valence-corrected chi connectivity index (χ2v) is 8.01. The summed E-state index contributed by atoms with van der Waals surface area (Å²) in [6.07, 6.45) is 0. The van der Waals surface area contributed by atoms with E-state index in [4.69, 9.17) is 0 Å². The van der Waals surface area contributed by atoms with Crippen molar-refractivity contribution in [3.05, 3.63) is 54.1 Å². The number of hydrogen-bond acceptors (Lipinski definition) is 5. The number of aryl methyl sites for hydroxylation is 1. The monoisotopic (exact) mass is 392 g/mol. The number of para-hydroxylation sites is 1. The van der Waals surface area contributed by atoms with Gasteiger partial charge >= 0.3 is 0 Å². The molecule has 0 radical (unpaired) electrons. The van der Waals surface area contributed by atoms with Crippen molar-refractivity contribution >= 4 is 39.2 Å². The van der Waals surface area contributed by atoms with Crippen molar-refractivity contribution in [1.82, 2.24) is 14.5 Å². The van der Waals surface area contributed by atoms with Crippen LogP contribution in [-0.4, -0.2) is 43.8 Å². The van der Waals surface area contributed by atoms with E-state index in [1.807, 2.05) is 25.1 Å². The molecule has 3 aromatic rings. The molecule has 0 amide bonds. The first-order chi connectivity index (χ1) is 12.1. The van der Waals surface area contributed by atoms with E-state index >= 15 is 0 Å². The Morgan fingerprint density at radius 2 is 1.65 bits per heavy atom. The minimum absolute atomic E-state index is 0. The third-order valence-corrected chi connectivity index (χ3v) is 6.10. The van der Waals surface area contributed by atoms with Crippen LogP contribution in [-0.2, 0) is 10.0 Å². The molecule has 8 heteroatoms. The maximum absolute atomic E-state index is 13.1. The molecule has 0 saturated carbocycles.